The summed E-state index contributed by atoms with van der Waals surface area (Å²) < 4.78 is 0. The topological polar surface area (TPSA) is 66.4 Å². The molecule has 0 bridgehead atoms. The molecule has 2 atom stereocenters. The monoisotopic (exact) mass is 267 g/mol. The number of hydrogen-bond donors (Lipinski definition) is 2. The van der Waals surface area contributed by atoms with Crippen LogP contribution < -0.4 is 5.32 Å². The zero-order valence-corrected chi connectivity index (χ0v) is 11.9. The van der Waals surface area contributed by atoms with E-state index < -0.39 is 5.97 Å². The van der Waals surface area contributed by atoms with E-state index in [1.54, 1.807) is 0 Å². The summed E-state index contributed by atoms with van der Waals surface area (Å²) in [5.74, 6) is -0.424. The average Bonchev–Trinajstić information content (AvgIpc) is 2.91. The maximum atomic E-state index is 12.1. The minimum Gasteiger partial charge on any atom is -0.481 e. The maximum Gasteiger partial charge on any atom is 0.306 e. The fourth-order valence-corrected chi connectivity index (χ4v) is 3.36. The summed E-state index contributed by atoms with van der Waals surface area (Å²) in [7, 11) is 0. The number of hydrogen-bond acceptors (Lipinski definition) is 2. The van der Waals surface area contributed by atoms with Crippen LogP contribution in [0.5, 0.6) is 0 Å². The highest BCUT2D eigenvalue weighted by molar-refractivity contribution is 5.80. The zero-order valence-electron chi connectivity index (χ0n) is 11.9. The average molecular weight is 267 g/mol. The molecule has 0 radical (unpaired) electrons. The van der Waals surface area contributed by atoms with Gasteiger partial charge in [0, 0.05) is 12.5 Å². The summed E-state index contributed by atoms with van der Waals surface area (Å²) >= 11 is 0. The standard InChI is InChI=1S/C15H25NO3/c1-10(2)8-15(5-6-15)9-16-13(17)11-3-4-12(7-11)14(18)19/h10-12H,3-9H2,1-2H3,(H,16,17)(H,18,19)/t11-,12+/m1/s1. The van der Waals surface area contributed by atoms with Gasteiger partial charge in [-0.3, -0.25) is 9.59 Å². The molecule has 2 aliphatic carbocycles. The fourth-order valence-electron chi connectivity index (χ4n) is 3.36. The van der Waals surface area contributed by atoms with E-state index in [9.17, 15) is 9.59 Å². The van der Waals surface area contributed by atoms with E-state index in [-0.39, 0.29) is 17.7 Å². The van der Waals surface area contributed by atoms with Crippen LogP contribution in [0.1, 0.15) is 52.4 Å². The molecule has 4 heteroatoms. The number of carboxylic acid groups (broad SMARTS) is 1. The van der Waals surface area contributed by atoms with Crippen molar-refractivity contribution >= 4 is 11.9 Å². The molecule has 108 valence electrons. The van der Waals surface area contributed by atoms with Gasteiger partial charge in [-0.15, -0.1) is 0 Å². The number of carboxylic acids is 1. The summed E-state index contributed by atoms with van der Waals surface area (Å²) in [6.45, 7) is 5.21. The van der Waals surface area contributed by atoms with Gasteiger partial charge in [-0.2, -0.15) is 0 Å². The number of carbonyl (C=O) groups is 2. The molecule has 2 rings (SSSR count). The first-order valence-electron chi connectivity index (χ1n) is 7.42. The van der Waals surface area contributed by atoms with Crippen molar-refractivity contribution in [3.8, 4) is 0 Å². The van der Waals surface area contributed by atoms with Crippen LogP contribution in [-0.2, 0) is 9.59 Å². The Morgan fingerprint density at radius 2 is 1.89 bits per heavy atom. The lowest BCUT2D eigenvalue weighted by Crippen LogP contribution is -2.35. The minimum atomic E-state index is -0.756. The van der Waals surface area contributed by atoms with Crippen molar-refractivity contribution in [2.75, 3.05) is 6.54 Å². The van der Waals surface area contributed by atoms with Gasteiger partial charge in [-0.1, -0.05) is 13.8 Å². The summed E-state index contributed by atoms with van der Waals surface area (Å²) in [4.78, 5) is 23.0. The van der Waals surface area contributed by atoms with Crippen LogP contribution in [0, 0.1) is 23.2 Å². The predicted molar refractivity (Wildman–Crippen MR) is 72.6 cm³/mol. The van der Waals surface area contributed by atoms with Gasteiger partial charge in [0.05, 0.1) is 5.92 Å². The Kier molecular flexibility index (Phi) is 4.16. The number of amides is 1. The molecule has 1 amide bonds. The Morgan fingerprint density at radius 3 is 2.37 bits per heavy atom. The van der Waals surface area contributed by atoms with Crippen LogP contribution in [0.25, 0.3) is 0 Å². The van der Waals surface area contributed by atoms with Crippen molar-refractivity contribution in [2.45, 2.75) is 52.4 Å². The Morgan fingerprint density at radius 1 is 1.26 bits per heavy atom. The van der Waals surface area contributed by atoms with Crippen LogP contribution in [-0.4, -0.2) is 23.5 Å². The van der Waals surface area contributed by atoms with E-state index in [1.807, 2.05) is 0 Å². The highest BCUT2D eigenvalue weighted by atomic mass is 16.4. The van der Waals surface area contributed by atoms with Gasteiger partial charge in [-0.25, -0.2) is 0 Å². The van der Waals surface area contributed by atoms with Crippen LogP contribution >= 0.6 is 0 Å². The van der Waals surface area contributed by atoms with Crippen molar-refractivity contribution in [3.63, 3.8) is 0 Å². The third-order valence-corrected chi connectivity index (χ3v) is 4.59. The number of aliphatic carboxylic acids is 1. The molecule has 0 saturated heterocycles. The first kappa shape index (κ1) is 14.4. The molecule has 2 N–H and O–H groups in total. The van der Waals surface area contributed by atoms with E-state index >= 15 is 0 Å². The van der Waals surface area contributed by atoms with Crippen molar-refractivity contribution in [3.05, 3.63) is 0 Å². The van der Waals surface area contributed by atoms with Crippen LogP contribution in [0.3, 0.4) is 0 Å². The lowest BCUT2D eigenvalue weighted by atomic mass is 9.94. The van der Waals surface area contributed by atoms with Crippen LogP contribution in [0.4, 0.5) is 0 Å². The number of nitrogens with one attached hydrogen (secondary N) is 1. The second-order valence-electron chi connectivity index (χ2n) is 6.86. The maximum absolute atomic E-state index is 12.1. The van der Waals surface area contributed by atoms with Gasteiger partial charge in [0.15, 0.2) is 0 Å². The normalized spacial score (nSPS) is 28.4. The first-order chi connectivity index (χ1) is 8.92. The summed E-state index contributed by atoms with van der Waals surface area (Å²) in [5, 5.41) is 12.0. The second-order valence-corrected chi connectivity index (χ2v) is 6.86. The van der Waals surface area contributed by atoms with Gasteiger partial charge < -0.3 is 10.4 Å². The van der Waals surface area contributed by atoms with Gasteiger partial charge in [-0.05, 0) is 49.9 Å². The molecule has 0 heterocycles. The summed E-state index contributed by atoms with van der Waals surface area (Å²) in [5.41, 5.74) is 0.342. The SMILES string of the molecule is CC(C)CC1(CNC(=O)[C@@H]2CC[C@H](C(=O)O)C2)CC1. The molecule has 19 heavy (non-hydrogen) atoms. The lowest BCUT2D eigenvalue weighted by Gasteiger charge is -2.19. The molecule has 2 fully saturated rings. The molecule has 2 saturated carbocycles. The van der Waals surface area contributed by atoms with Crippen molar-refractivity contribution in [2.24, 2.45) is 23.2 Å². The van der Waals surface area contributed by atoms with Gasteiger partial charge in [0.25, 0.3) is 0 Å². The number of carbonyl (C=O) groups excluding carboxylic acids is 1. The highest BCUT2D eigenvalue weighted by Gasteiger charge is 2.43. The summed E-state index contributed by atoms with van der Waals surface area (Å²) in [6.07, 6.45) is 5.49. The predicted octanol–water partition coefficient (Wildman–Crippen LogP) is 2.43. The molecule has 0 aliphatic heterocycles. The molecule has 2 aliphatic rings. The Balaban J connectivity index is 1.75. The zero-order chi connectivity index (χ0) is 14.0. The van der Waals surface area contributed by atoms with E-state index in [0.717, 1.165) is 13.0 Å². The Bertz CT molecular complexity index is 360. The van der Waals surface area contributed by atoms with Gasteiger partial charge in [0.2, 0.25) is 5.91 Å². The molecule has 0 aromatic carbocycles. The largest absolute Gasteiger partial charge is 0.481 e. The Labute approximate surface area is 115 Å². The van der Waals surface area contributed by atoms with E-state index in [1.165, 1.54) is 19.3 Å². The van der Waals surface area contributed by atoms with Crippen LogP contribution in [0.2, 0.25) is 0 Å². The van der Waals surface area contributed by atoms with Crippen molar-refractivity contribution < 1.29 is 14.7 Å². The molecule has 0 aromatic rings. The second kappa shape index (κ2) is 5.51. The number of rotatable bonds is 6. The molecule has 0 spiro atoms. The molecule has 4 nitrogen and oxygen atoms in total. The van der Waals surface area contributed by atoms with Crippen molar-refractivity contribution in [1.29, 1.82) is 0 Å². The lowest BCUT2D eigenvalue weighted by molar-refractivity contribution is -0.141. The quantitative estimate of drug-likeness (QED) is 0.776. The molecular weight excluding hydrogens is 242 g/mol. The first-order valence-corrected chi connectivity index (χ1v) is 7.42. The third-order valence-electron chi connectivity index (χ3n) is 4.59. The third kappa shape index (κ3) is 3.71. The minimum absolute atomic E-state index is 0.0683. The van der Waals surface area contributed by atoms with Crippen molar-refractivity contribution in [1.82, 2.24) is 5.32 Å². The highest BCUT2D eigenvalue weighted by Crippen LogP contribution is 2.50. The molecule has 0 unspecified atom stereocenters. The molecular formula is C15H25NO3. The van der Waals surface area contributed by atoms with E-state index in [2.05, 4.69) is 19.2 Å². The van der Waals surface area contributed by atoms with Gasteiger partial charge >= 0.3 is 5.97 Å². The van der Waals surface area contributed by atoms with Crippen LogP contribution in [0.15, 0.2) is 0 Å². The Hall–Kier alpha value is -1.06. The van der Waals surface area contributed by atoms with Gasteiger partial charge in [0.1, 0.15) is 0 Å². The fraction of sp³-hybridized carbons (Fsp3) is 0.867. The van der Waals surface area contributed by atoms with E-state index in [4.69, 9.17) is 5.11 Å². The smallest absolute Gasteiger partial charge is 0.306 e. The molecule has 0 aromatic heterocycles. The summed E-state index contributed by atoms with van der Waals surface area (Å²) in [6, 6.07) is 0. The van der Waals surface area contributed by atoms with E-state index in [0.29, 0.717) is 24.2 Å².